The van der Waals surface area contributed by atoms with Crippen molar-refractivity contribution >= 4 is 23.6 Å². The first-order valence-corrected chi connectivity index (χ1v) is 11.3. The van der Waals surface area contributed by atoms with Gasteiger partial charge in [0.1, 0.15) is 18.2 Å². The molecule has 0 radical (unpaired) electrons. The molecule has 0 spiro atoms. The van der Waals surface area contributed by atoms with E-state index in [1.54, 1.807) is 20.8 Å². The van der Waals surface area contributed by atoms with Crippen LogP contribution in [0.15, 0.2) is 54.6 Å². The van der Waals surface area contributed by atoms with E-state index in [4.69, 9.17) is 4.74 Å². The van der Waals surface area contributed by atoms with Gasteiger partial charge in [0.05, 0.1) is 0 Å². The lowest BCUT2D eigenvalue weighted by Crippen LogP contribution is -2.47. The van der Waals surface area contributed by atoms with Gasteiger partial charge in [-0.2, -0.15) is 0 Å². The molecule has 0 aliphatic heterocycles. The number of ether oxygens (including phenoxy) is 1. The van der Waals surface area contributed by atoms with Crippen LogP contribution in [-0.2, 0) is 14.3 Å². The zero-order valence-electron chi connectivity index (χ0n) is 20.2. The molecular formula is C26H35N3O4. The predicted molar refractivity (Wildman–Crippen MR) is 130 cm³/mol. The van der Waals surface area contributed by atoms with E-state index in [0.717, 1.165) is 18.4 Å². The molecule has 0 saturated heterocycles. The SMILES string of the molecule is CCCCN(C(=O)CNC(=O)OC(C)(C)C)C(C(=O)Nc1ccccc1C)c1ccccc1. The van der Waals surface area contributed by atoms with E-state index < -0.39 is 17.7 Å². The molecule has 2 aromatic carbocycles. The molecule has 2 N–H and O–H groups in total. The summed E-state index contributed by atoms with van der Waals surface area (Å²) in [7, 11) is 0. The van der Waals surface area contributed by atoms with Gasteiger partial charge in [-0.05, 0) is 51.3 Å². The molecule has 178 valence electrons. The molecule has 1 unspecified atom stereocenters. The van der Waals surface area contributed by atoms with Crippen molar-refractivity contribution in [3.05, 3.63) is 65.7 Å². The smallest absolute Gasteiger partial charge is 0.408 e. The van der Waals surface area contributed by atoms with Gasteiger partial charge in [0.15, 0.2) is 0 Å². The van der Waals surface area contributed by atoms with Gasteiger partial charge in [-0.3, -0.25) is 9.59 Å². The topological polar surface area (TPSA) is 87.7 Å². The highest BCUT2D eigenvalue weighted by atomic mass is 16.6. The summed E-state index contributed by atoms with van der Waals surface area (Å²) in [5.74, 6) is -0.666. The molecule has 0 aliphatic rings. The fourth-order valence-corrected chi connectivity index (χ4v) is 3.31. The Morgan fingerprint density at radius 3 is 2.24 bits per heavy atom. The zero-order chi connectivity index (χ0) is 24.4. The Morgan fingerprint density at radius 2 is 1.64 bits per heavy atom. The molecule has 0 saturated carbocycles. The normalized spacial score (nSPS) is 11.9. The maximum absolute atomic E-state index is 13.5. The van der Waals surface area contributed by atoms with Gasteiger partial charge in [0.2, 0.25) is 5.91 Å². The van der Waals surface area contributed by atoms with Crippen molar-refractivity contribution in [1.29, 1.82) is 0 Å². The van der Waals surface area contributed by atoms with Gasteiger partial charge in [0.25, 0.3) is 5.91 Å². The Kier molecular flexibility index (Phi) is 9.45. The van der Waals surface area contributed by atoms with Crippen molar-refractivity contribution in [2.45, 2.75) is 59.1 Å². The number of hydrogen-bond donors (Lipinski definition) is 2. The summed E-state index contributed by atoms with van der Waals surface area (Å²) in [5, 5.41) is 5.49. The van der Waals surface area contributed by atoms with E-state index in [9.17, 15) is 14.4 Å². The van der Waals surface area contributed by atoms with Crippen LogP contribution in [0, 0.1) is 6.92 Å². The third kappa shape index (κ3) is 8.25. The number of hydrogen-bond acceptors (Lipinski definition) is 4. The average molecular weight is 454 g/mol. The van der Waals surface area contributed by atoms with Crippen molar-refractivity contribution in [1.82, 2.24) is 10.2 Å². The number of aryl methyl sites for hydroxylation is 1. The molecule has 0 heterocycles. The number of carbonyl (C=O) groups is 3. The minimum Gasteiger partial charge on any atom is -0.444 e. The van der Waals surface area contributed by atoms with Crippen LogP contribution >= 0.6 is 0 Å². The van der Waals surface area contributed by atoms with Crippen LogP contribution in [0.3, 0.4) is 0 Å². The van der Waals surface area contributed by atoms with E-state index in [0.29, 0.717) is 17.8 Å². The van der Waals surface area contributed by atoms with Gasteiger partial charge in [-0.25, -0.2) is 4.79 Å². The predicted octanol–water partition coefficient (Wildman–Crippen LogP) is 4.83. The second-order valence-corrected chi connectivity index (χ2v) is 8.91. The molecule has 0 fully saturated rings. The number of carbonyl (C=O) groups excluding carboxylic acids is 3. The molecule has 7 heteroatoms. The van der Waals surface area contributed by atoms with Crippen molar-refractivity contribution in [3.8, 4) is 0 Å². The Hall–Kier alpha value is -3.35. The van der Waals surface area contributed by atoms with Crippen LogP contribution in [0.4, 0.5) is 10.5 Å². The minimum atomic E-state index is -0.842. The average Bonchev–Trinajstić information content (AvgIpc) is 2.76. The molecule has 2 rings (SSSR count). The van der Waals surface area contributed by atoms with Crippen LogP contribution in [0.25, 0.3) is 0 Å². The standard InChI is InChI=1S/C26H35N3O4/c1-6-7-17-29(22(30)18-27-25(32)33-26(3,4)5)23(20-14-9-8-10-15-20)24(31)28-21-16-12-11-13-19(21)2/h8-16,23H,6-7,17-18H2,1-5H3,(H,27,32)(H,28,31). The maximum Gasteiger partial charge on any atom is 0.408 e. The lowest BCUT2D eigenvalue weighted by Gasteiger charge is -2.32. The lowest BCUT2D eigenvalue weighted by atomic mass is 10.0. The number of rotatable bonds is 9. The van der Waals surface area contributed by atoms with Crippen LogP contribution < -0.4 is 10.6 Å². The third-order valence-electron chi connectivity index (χ3n) is 4.93. The highest BCUT2D eigenvalue weighted by molar-refractivity contribution is 5.98. The molecule has 0 aromatic heterocycles. The van der Waals surface area contributed by atoms with Crippen molar-refractivity contribution < 1.29 is 19.1 Å². The van der Waals surface area contributed by atoms with E-state index in [2.05, 4.69) is 10.6 Å². The second kappa shape index (κ2) is 12.0. The molecule has 2 aromatic rings. The van der Waals surface area contributed by atoms with Crippen LogP contribution in [0.2, 0.25) is 0 Å². The Balaban J connectivity index is 2.30. The Bertz CT molecular complexity index is 938. The summed E-state index contributed by atoms with van der Waals surface area (Å²) in [4.78, 5) is 40.3. The molecule has 0 bridgehead atoms. The quantitative estimate of drug-likeness (QED) is 0.569. The molecular weight excluding hydrogens is 418 g/mol. The minimum absolute atomic E-state index is 0.264. The fourth-order valence-electron chi connectivity index (χ4n) is 3.31. The van der Waals surface area contributed by atoms with Gasteiger partial charge < -0.3 is 20.3 Å². The second-order valence-electron chi connectivity index (χ2n) is 8.91. The van der Waals surface area contributed by atoms with E-state index >= 15 is 0 Å². The first-order valence-electron chi connectivity index (χ1n) is 11.3. The monoisotopic (exact) mass is 453 g/mol. The Morgan fingerprint density at radius 1 is 1.00 bits per heavy atom. The van der Waals surface area contributed by atoms with E-state index in [1.165, 1.54) is 4.90 Å². The van der Waals surface area contributed by atoms with Crippen LogP contribution in [-0.4, -0.2) is 41.5 Å². The fraction of sp³-hybridized carbons (Fsp3) is 0.423. The third-order valence-corrected chi connectivity index (χ3v) is 4.93. The first-order chi connectivity index (χ1) is 15.6. The number of benzene rings is 2. The summed E-state index contributed by atoms with van der Waals surface area (Å²) >= 11 is 0. The zero-order valence-corrected chi connectivity index (χ0v) is 20.2. The number of amides is 3. The van der Waals surface area contributed by atoms with Crippen LogP contribution in [0.1, 0.15) is 57.7 Å². The van der Waals surface area contributed by atoms with Gasteiger partial charge >= 0.3 is 6.09 Å². The number of para-hydroxylation sites is 1. The number of nitrogens with zero attached hydrogens (tertiary/aromatic N) is 1. The number of unbranched alkanes of at least 4 members (excludes halogenated alkanes) is 1. The van der Waals surface area contributed by atoms with Crippen molar-refractivity contribution in [3.63, 3.8) is 0 Å². The molecule has 1 atom stereocenters. The van der Waals surface area contributed by atoms with Gasteiger partial charge in [-0.1, -0.05) is 61.9 Å². The molecule has 3 amide bonds. The Labute approximate surface area is 196 Å². The summed E-state index contributed by atoms with van der Waals surface area (Å²) in [6, 6.07) is 15.9. The molecule has 33 heavy (non-hydrogen) atoms. The summed E-state index contributed by atoms with van der Waals surface area (Å²) < 4.78 is 5.23. The maximum atomic E-state index is 13.5. The molecule has 0 aliphatic carbocycles. The van der Waals surface area contributed by atoms with E-state index in [-0.39, 0.29) is 18.4 Å². The number of alkyl carbamates (subject to hydrolysis) is 1. The van der Waals surface area contributed by atoms with Crippen molar-refractivity contribution in [2.24, 2.45) is 0 Å². The molecule has 7 nitrogen and oxygen atoms in total. The summed E-state index contributed by atoms with van der Waals surface area (Å²) in [6.07, 6.45) is 0.899. The highest BCUT2D eigenvalue weighted by Gasteiger charge is 2.31. The number of anilines is 1. The van der Waals surface area contributed by atoms with Gasteiger partial charge in [-0.15, -0.1) is 0 Å². The lowest BCUT2D eigenvalue weighted by molar-refractivity contribution is -0.138. The first kappa shape index (κ1) is 25.9. The van der Waals surface area contributed by atoms with Gasteiger partial charge in [0, 0.05) is 12.2 Å². The largest absolute Gasteiger partial charge is 0.444 e. The van der Waals surface area contributed by atoms with Crippen molar-refractivity contribution in [2.75, 3.05) is 18.4 Å². The summed E-state index contributed by atoms with van der Waals surface area (Å²) in [5.41, 5.74) is 1.65. The highest BCUT2D eigenvalue weighted by Crippen LogP contribution is 2.25. The number of nitrogens with one attached hydrogen (secondary N) is 2. The van der Waals surface area contributed by atoms with Crippen LogP contribution in [0.5, 0.6) is 0 Å². The van der Waals surface area contributed by atoms with E-state index in [1.807, 2.05) is 68.4 Å². The summed E-state index contributed by atoms with van der Waals surface area (Å²) in [6.45, 7) is 9.31.